The number of unbranched alkanes of at least 4 members (excludes halogenated alkanes) is 58. The van der Waals surface area contributed by atoms with Crippen molar-refractivity contribution in [2.75, 3.05) is 13.2 Å². The van der Waals surface area contributed by atoms with Gasteiger partial charge in [-0.1, -0.05) is 384 Å². The smallest absolute Gasteiger partial charge is 0.305 e. The van der Waals surface area contributed by atoms with Crippen LogP contribution in [-0.4, -0.2) is 47.4 Å². The molecule has 0 aromatic heterocycles. The van der Waals surface area contributed by atoms with Crippen molar-refractivity contribution in [3.63, 3.8) is 0 Å². The number of amides is 1. The quantitative estimate of drug-likeness (QED) is 0.0320. The lowest BCUT2D eigenvalue weighted by Crippen LogP contribution is -2.45. The summed E-state index contributed by atoms with van der Waals surface area (Å²) in [5, 5.41) is 23.5. The first-order valence-electron chi connectivity index (χ1n) is 39.7. The summed E-state index contributed by atoms with van der Waals surface area (Å²) in [6.45, 7) is 4.97. The van der Waals surface area contributed by atoms with E-state index in [-0.39, 0.29) is 18.5 Å². The van der Waals surface area contributed by atoms with E-state index < -0.39 is 12.1 Å². The van der Waals surface area contributed by atoms with Gasteiger partial charge in [-0.25, -0.2) is 0 Å². The molecule has 0 aromatic carbocycles. The van der Waals surface area contributed by atoms with Gasteiger partial charge in [-0.2, -0.15) is 0 Å². The molecular formula is C81H155NO5. The summed E-state index contributed by atoms with van der Waals surface area (Å²) >= 11 is 0. The number of hydrogen-bond donors (Lipinski definition) is 3. The average Bonchev–Trinajstić information content (AvgIpc) is 3.53. The fraction of sp³-hybridized carbons (Fsp3) is 0.901. The maximum atomic E-state index is 12.6. The van der Waals surface area contributed by atoms with Gasteiger partial charge in [-0.05, 0) is 83.5 Å². The van der Waals surface area contributed by atoms with Crippen molar-refractivity contribution in [1.29, 1.82) is 0 Å². The number of esters is 1. The molecule has 1 amide bonds. The molecular weight excluding hydrogens is 1070 g/mol. The van der Waals surface area contributed by atoms with Gasteiger partial charge in [0.15, 0.2) is 0 Å². The molecule has 2 atom stereocenters. The largest absolute Gasteiger partial charge is 0.466 e. The number of allylic oxidation sites excluding steroid dienone is 6. The van der Waals surface area contributed by atoms with Crippen LogP contribution in [0.25, 0.3) is 0 Å². The van der Waals surface area contributed by atoms with Crippen molar-refractivity contribution in [2.24, 2.45) is 0 Å². The summed E-state index contributed by atoms with van der Waals surface area (Å²) in [6, 6.07) is -0.541. The summed E-state index contributed by atoms with van der Waals surface area (Å²) in [7, 11) is 0. The number of aliphatic hydroxyl groups excluding tert-OH is 2. The Morgan fingerprint density at radius 1 is 0.322 bits per heavy atom. The van der Waals surface area contributed by atoms with Crippen molar-refractivity contribution in [2.45, 2.75) is 456 Å². The molecule has 0 spiro atoms. The second kappa shape index (κ2) is 76.5. The van der Waals surface area contributed by atoms with Gasteiger partial charge < -0.3 is 20.3 Å². The Hall–Kier alpha value is -1.92. The monoisotopic (exact) mass is 1220 g/mol. The summed E-state index contributed by atoms with van der Waals surface area (Å²) in [4.78, 5) is 24.6. The van der Waals surface area contributed by atoms with E-state index in [0.29, 0.717) is 25.9 Å². The molecule has 0 fully saturated rings. The molecule has 0 aromatic rings. The van der Waals surface area contributed by atoms with Crippen LogP contribution < -0.4 is 5.32 Å². The van der Waals surface area contributed by atoms with Crippen LogP contribution in [0.15, 0.2) is 36.5 Å². The highest BCUT2D eigenvalue weighted by atomic mass is 16.5. The van der Waals surface area contributed by atoms with Crippen LogP contribution in [0, 0.1) is 0 Å². The highest BCUT2D eigenvalue weighted by Crippen LogP contribution is 2.20. The van der Waals surface area contributed by atoms with Crippen LogP contribution in [-0.2, 0) is 14.3 Å². The third-order valence-electron chi connectivity index (χ3n) is 18.7. The molecule has 0 aliphatic heterocycles. The SMILES string of the molecule is CCCCC/C=C\C/C=C\CCCCCCCC(=O)OCCCCCCCCCCCCCC/C=C\CCCCCCCCCCCCCCCCCCC(=O)NC(CO)C(O)CCCCCCCCCCCCCCCCCCCCCCCCC. The van der Waals surface area contributed by atoms with E-state index in [2.05, 4.69) is 55.6 Å². The van der Waals surface area contributed by atoms with Gasteiger partial charge in [0.1, 0.15) is 0 Å². The summed E-state index contributed by atoms with van der Waals surface area (Å²) < 4.78 is 5.49. The van der Waals surface area contributed by atoms with Crippen molar-refractivity contribution in [3.8, 4) is 0 Å². The molecule has 0 saturated carbocycles. The van der Waals surface area contributed by atoms with Crippen molar-refractivity contribution in [1.82, 2.24) is 5.32 Å². The zero-order chi connectivity index (χ0) is 62.8. The fourth-order valence-electron chi connectivity index (χ4n) is 12.6. The summed E-state index contributed by atoms with van der Waals surface area (Å²) in [6.07, 6.45) is 99.5. The third-order valence-corrected chi connectivity index (χ3v) is 18.7. The number of rotatable bonds is 75. The topological polar surface area (TPSA) is 95.9 Å². The van der Waals surface area contributed by atoms with Crippen LogP contribution in [0.5, 0.6) is 0 Å². The van der Waals surface area contributed by atoms with Crippen LogP contribution >= 0.6 is 0 Å². The zero-order valence-electron chi connectivity index (χ0n) is 59.0. The van der Waals surface area contributed by atoms with Gasteiger partial charge in [-0.15, -0.1) is 0 Å². The van der Waals surface area contributed by atoms with Gasteiger partial charge >= 0.3 is 5.97 Å². The molecule has 0 aliphatic rings. The average molecular weight is 1220 g/mol. The number of nitrogens with one attached hydrogen (secondary N) is 1. The second-order valence-corrected chi connectivity index (χ2v) is 27.4. The molecule has 0 radical (unpaired) electrons. The molecule has 0 heterocycles. The first-order chi connectivity index (χ1) is 43.0. The predicted molar refractivity (Wildman–Crippen MR) is 384 cm³/mol. The molecule has 87 heavy (non-hydrogen) atoms. The lowest BCUT2D eigenvalue weighted by atomic mass is 10.0. The highest BCUT2D eigenvalue weighted by Gasteiger charge is 2.20. The van der Waals surface area contributed by atoms with Gasteiger partial charge in [0.05, 0.1) is 25.4 Å². The lowest BCUT2D eigenvalue weighted by molar-refractivity contribution is -0.143. The molecule has 0 rings (SSSR count). The molecule has 0 aliphatic carbocycles. The highest BCUT2D eigenvalue weighted by molar-refractivity contribution is 5.76. The van der Waals surface area contributed by atoms with E-state index >= 15 is 0 Å². The summed E-state index contributed by atoms with van der Waals surface area (Å²) in [5.41, 5.74) is 0. The van der Waals surface area contributed by atoms with Gasteiger partial charge in [0, 0.05) is 12.8 Å². The van der Waals surface area contributed by atoms with Gasteiger partial charge in [0.25, 0.3) is 0 Å². The van der Waals surface area contributed by atoms with E-state index in [4.69, 9.17) is 4.74 Å². The van der Waals surface area contributed by atoms with E-state index in [1.807, 2.05) is 0 Å². The third kappa shape index (κ3) is 73.0. The van der Waals surface area contributed by atoms with Crippen LogP contribution in [0.1, 0.15) is 444 Å². The molecule has 514 valence electrons. The Balaban J connectivity index is 3.36. The maximum absolute atomic E-state index is 12.6. The standard InChI is InChI=1S/C81H155NO5/c1-3-5-7-9-11-13-15-17-19-20-21-22-33-36-39-42-46-49-53-57-61-65-69-73-79(84)78(77-83)82-80(85)74-70-66-62-58-54-50-47-43-40-37-34-31-29-27-25-23-24-26-28-30-32-35-38-41-44-48-52-56-60-64-68-72-76-87-81(86)75-71-67-63-59-55-51-45-18-16-14-12-10-8-6-4-2/h12,14,18,26,28,45,78-79,83-84H,3-11,13,15-17,19-25,27,29-44,46-77H2,1-2H3,(H,82,85)/b14-12-,28-26-,45-18-. The Kier molecular flexibility index (Phi) is 74.8. The zero-order valence-corrected chi connectivity index (χ0v) is 59.0. The van der Waals surface area contributed by atoms with E-state index in [1.54, 1.807) is 0 Å². The molecule has 6 heteroatoms. The Morgan fingerprint density at radius 2 is 0.575 bits per heavy atom. The second-order valence-electron chi connectivity index (χ2n) is 27.4. The number of ether oxygens (including phenoxy) is 1. The molecule has 6 nitrogen and oxygen atoms in total. The predicted octanol–water partition coefficient (Wildman–Crippen LogP) is 26.2. The Morgan fingerprint density at radius 3 is 0.908 bits per heavy atom. The van der Waals surface area contributed by atoms with Gasteiger partial charge in [0.2, 0.25) is 5.91 Å². The first kappa shape index (κ1) is 85.1. The van der Waals surface area contributed by atoms with Crippen molar-refractivity contribution in [3.05, 3.63) is 36.5 Å². The lowest BCUT2D eigenvalue weighted by Gasteiger charge is -2.22. The Labute approximate surface area is 544 Å². The van der Waals surface area contributed by atoms with Crippen molar-refractivity contribution < 1.29 is 24.5 Å². The number of aliphatic hydroxyl groups is 2. The van der Waals surface area contributed by atoms with Gasteiger partial charge in [-0.3, -0.25) is 9.59 Å². The minimum atomic E-state index is -0.664. The fourth-order valence-corrected chi connectivity index (χ4v) is 12.6. The number of carbonyl (C=O) groups is 2. The maximum Gasteiger partial charge on any atom is 0.305 e. The van der Waals surface area contributed by atoms with Crippen LogP contribution in [0.4, 0.5) is 0 Å². The number of hydrogen-bond acceptors (Lipinski definition) is 5. The normalized spacial score (nSPS) is 12.6. The minimum absolute atomic E-state index is 0.00488. The van der Waals surface area contributed by atoms with Crippen LogP contribution in [0.2, 0.25) is 0 Å². The van der Waals surface area contributed by atoms with E-state index in [0.717, 1.165) is 51.4 Å². The molecule has 3 N–H and O–H groups in total. The van der Waals surface area contributed by atoms with Crippen molar-refractivity contribution >= 4 is 11.9 Å². The van der Waals surface area contributed by atoms with E-state index in [9.17, 15) is 19.8 Å². The molecule has 0 saturated heterocycles. The first-order valence-corrected chi connectivity index (χ1v) is 39.7. The molecule has 2 unspecified atom stereocenters. The molecule has 0 bridgehead atoms. The number of carbonyl (C=O) groups excluding carboxylic acids is 2. The van der Waals surface area contributed by atoms with Crippen LogP contribution in [0.3, 0.4) is 0 Å². The Bertz CT molecular complexity index is 1410. The minimum Gasteiger partial charge on any atom is -0.466 e. The van der Waals surface area contributed by atoms with E-state index in [1.165, 1.54) is 360 Å². The summed E-state index contributed by atoms with van der Waals surface area (Å²) in [5.74, 6) is -0.0223.